The van der Waals surface area contributed by atoms with E-state index in [1.54, 1.807) is 0 Å². The predicted molar refractivity (Wildman–Crippen MR) is 63.8 cm³/mol. The van der Waals surface area contributed by atoms with Crippen molar-refractivity contribution in [3.63, 3.8) is 0 Å². The van der Waals surface area contributed by atoms with Crippen molar-refractivity contribution in [3.8, 4) is 6.07 Å². The van der Waals surface area contributed by atoms with Gasteiger partial charge < -0.3 is 4.74 Å². The van der Waals surface area contributed by atoms with E-state index in [0.717, 1.165) is 18.6 Å². The second-order valence-electron chi connectivity index (χ2n) is 3.74. The van der Waals surface area contributed by atoms with Crippen LogP contribution >= 0.6 is 0 Å². The number of nitrogens with zero attached hydrogens (tertiary/aromatic N) is 1. The topological polar surface area (TPSA) is 45.0 Å². The fourth-order valence-corrected chi connectivity index (χ4v) is 1.49. The Balaban J connectivity index is 2.50. The molecule has 0 aliphatic heterocycles. The Morgan fingerprint density at radius 2 is 2.17 bits per heavy atom. The van der Waals surface area contributed by atoms with E-state index in [-0.39, 0.29) is 0 Å². The highest BCUT2D eigenvalue weighted by Gasteiger charge is 2.12. The van der Waals surface area contributed by atoms with Gasteiger partial charge in [0, 0.05) is 13.2 Å². The highest BCUT2D eigenvalue weighted by atomic mass is 19.2. The summed E-state index contributed by atoms with van der Waals surface area (Å²) in [6, 6.07) is 4.85. The summed E-state index contributed by atoms with van der Waals surface area (Å²) in [4.78, 5) is 0. The lowest BCUT2D eigenvalue weighted by molar-refractivity contribution is 0.144. The van der Waals surface area contributed by atoms with Gasteiger partial charge in [0.1, 0.15) is 6.04 Å². The van der Waals surface area contributed by atoms with Crippen molar-refractivity contribution in [1.82, 2.24) is 5.32 Å². The van der Waals surface area contributed by atoms with Gasteiger partial charge in [0.2, 0.25) is 0 Å². The number of nitrogens with one attached hydrogen (secondary N) is 1. The molecule has 0 spiro atoms. The molecule has 5 heteroatoms. The first kappa shape index (κ1) is 14.6. The fraction of sp³-hybridized carbons (Fsp3) is 0.462. The number of benzene rings is 1. The van der Waals surface area contributed by atoms with Gasteiger partial charge in [-0.1, -0.05) is 6.07 Å². The second-order valence-corrected chi connectivity index (χ2v) is 3.74. The first-order valence-electron chi connectivity index (χ1n) is 5.84. The Hall–Kier alpha value is -1.51. The van der Waals surface area contributed by atoms with E-state index in [1.807, 2.05) is 13.0 Å². The predicted octanol–water partition coefficient (Wildman–Crippen LogP) is 2.55. The third kappa shape index (κ3) is 4.40. The molecule has 0 fully saturated rings. The summed E-state index contributed by atoms with van der Waals surface area (Å²) < 4.78 is 31.0. The van der Waals surface area contributed by atoms with E-state index < -0.39 is 17.7 Å². The third-order valence-electron chi connectivity index (χ3n) is 2.42. The van der Waals surface area contributed by atoms with Crippen molar-refractivity contribution in [2.24, 2.45) is 0 Å². The third-order valence-corrected chi connectivity index (χ3v) is 2.42. The Labute approximate surface area is 105 Å². The number of halogens is 2. The van der Waals surface area contributed by atoms with Crippen LogP contribution in [0.1, 0.15) is 24.9 Å². The Bertz CT molecular complexity index is 418. The molecule has 1 atom stereocenters. The molecule has 1 aromatic carbocycles. The molecule has 1 unspecified atom stereocenters. The van der Waals surface area contributed by atoms with Gasteiger partial charge in [-0.25, -0.2) is 8.78 Å². The lowest BCUT2D eigenvalue weighted by atomic mass is 10.1. The zero-order chi connectivity index (χ0) is 13.4. The SMILES string of the molecule is CCOCCCNC(C#N)c1ccc(F)c(F)c1. The molecule has 1 aromatic rings. The minimum Gasteiger partial charge on any atom is -0.382 e. The molecule has 0 aliphatic rings. The molecular weight excluding hydrogens is 238 g/mol. The molecule has 0 amide bonds. The molecule has 1 rings (SSSR count). The van der Waals surface area contributed by atoms with Crippen LogP contribution in [0.25, 0.3) is 0 Å². The summed E-state index contributed by atoms with van der Waals surface area (Å²) in [7, 11) is 0. The van der Waals surface area contributed by atoms with Crippen LogP contribution in [0.4, 0.5) is 8.78 Å². The van der Waals surface area contributed by atoms with Crippen LogP contribution in [0, 0.1) is 23.0 Å². The van der Waals surface area contributed by atoms with Gasteiger partial charge in [-0.3, -0.25) is 5.32 Å². The van der Waals surface area contributed by atoms with Gasteiger partial charge in [-0.05, 0) is 37.6 Å². The van der Waals surface area contributed by atoms with E-state index in [2.05, 4.69) is 5.32 Å². The van der Waals surface area contributed by atoms with Crippen LogP contribution < -0.4 is 5.32 Å². The molecular formula is C13H16F2N2O. The van der Waals surface area contributed by atoms with E-state index in [4.69, 9.17) is 10.00 Å². The van der Waals surface area contributed by atoms with E-state index >= 15 is 0 Å². The van der Waals surface area contributed by atoms with Crippen molar-refractivity contribution in [1.29, 1.82) is 5.26 Å². The van der Waals surface area contributed by atoms with Gasteiger partial charge in [0.25, 0.3) is 0 Å². The van der Waals surface area contributed by atoms with E-state index in [1.165, 1.54) is 6.07 Å². The van der Waals surface area contributed by atoms with Gasteiger partial charge in [0.15, 0.2) is 11.6 Å². The molecule has 0 heterocycles. The Morgan fingerprint density at radius 1 is 1.39 bits per heavy atom. The van der Waals surface area contributed by atoms with E-state index in [0.29, 0.717) is 25.3 Å². The van der Waals surface area contributed by atoms with Crippen molar-refractivity contribution in [2.45, 2.75) is 19.4 Å². The maximum atomic E-state index is 13.0. The quantitative estimate of drug-likeness (QED) is 0.760. The zero-order valence-corrected chi connectivity index (χ0v) is 10.2. The number of hydrogen-bond acceptors (Lipinski definition) is 3. The minimum absolute atomic E-state index is 0.424. The zero-order valence-electron chi connectivity index (χ0n) is 10.2. The normalized spacial score (nSPS) is 12.1. The van der Waals surface area contributed by atoms with Crippen molar-refractivity contribution in [3.05, 3.63) is 35.4 Å². The second kappa shape index (κ2) is 7.75. The summed E-state index contributed by atoms with van der Waals surface area (Å²) in [5.74, 6) is -1.85. The van der Waals surface area contributed by atoms with E-state index in [9.17, 15) is 8.78 Å². The summed E-state index contributed by atoms with van der Waals surface area (Å²) in [6.45, 7) is 3.76. The summed E-state index contributed by atoms with van der Waals surface area (Å²) >= 11 is 0. The molecule has 0 bridgehead atoms. The monoisotopic (exact) mass is 254 g/mol. The molecule has 0 aromatic heterocycles. The van der Waals surface area contributed by atoms with Crippen LogP contribution in [0.2, 0.25) is 0 Å². The number of ether oxygens (including phenoxy) is 1. The van der Waals surface area contributed by atoms with Crippen LogP contribution in [0.5, 0.6) is 0 Å². The van der Waals surface area contributed by atoms with Gasteiger partial charge in [0.05, 0.1) is 6.07 Å². The lowest BCUT2D eigenvalue weighted by Crippen LogP contribution is -2.22. The highest BCUT2D eigenvalue weighted by molar-refractivity contribution is 5.25. The minimum atomic E-state index is -0.941. The summed E-state index contributed by atoms with van der Waals surface area (Å²) in [6.07, 6.45) is 0.760. The molecule has 0 aliphatic carbocycles. The average Bonchev–Trinajstić information content (AvgIpc) is 2.37. The highest BCUT2D eigenvalue weighted by Crippen LogP contribution is 2.15. The number of hydrogen-bond donors (Lipinski definition) is 1. The van der Waals surface area contributed by atoms with Crippen molar-refractivity contribution in [2.75, 3.05) is 19.8 Å². The average molecular weight is 254 g/mol. The maximum absolute atomic E-state index is 13.0. The Kier molecular flexibility index (Phi) is 6.26. The Morgan fingerprint density at radius 3 is 2.78 bits per heavy atom. The largest absolute Gasteiger partial charge is 0.382 e. The molecule has 18 heavy (non-hydrogen) atoms. The van der Waals surface area contributed by atoms with Crippen LogP contribution in [0.3, 0.4) is 0 Å². The number of rotatable bonds is 7. The molecule has 0 radical (unpaired) electrons. The standard InChI is InChI=1S/C13H16F2N2O/c1-2-18-7-3-6-17-13(9-16)10-4-5-11(14)12(15)8-10/h4-5,8,13,17H,2-3,6-7H2,1H3. The summed E-state index contributed by atoms with van der Waals surface area (Å²) in [5.41, 5.74) is 0.424. The van der Waals surface area contributed by atoms with Crippen LogP contribution in [-0.2, 0) is 4.74 Å². The molecule has 0 saturated heterocycles. The molecule has 1 N–H and O–H groups in total. The molecule has 3 nitrogen and oxygen atoms in total. The van der Waals surface area contributed by atoms with Gasteiger partial charge in [-0.2, -0.15) is 5.26 Å². The first-order valence-corrected chi connectivity index (χ1v) is 5.84. The first-order chi connectivity index (χ1) is 8.69. The summed E-state index contributed by atoms with van der Waals surface area (Å²) in [5, 5.41) is 11.9. The maximum Gasteiger partial charge on any atom is 0.159 e. The van der Waals surface area contributed by atoms with Crippen LogP contribution in [-0.4, -0.2) is 19.8 Å². The molecule has 98 valence electrons. The smallest absolute Gasteiger partial charge is 0.159 e. The van der Waals surface area contributed by atoms with Crippen molar-refractivity contribution < 1.29 is 13.5 Å². The van der Waals surface area contributed by atoms with Crippen LogP contribution in [0.15, 0.2) is 18.2 Å². The number of nitriles is 1. The van der Waals surface area contributed by atoms with Gasteiger partial charge >= 0.3 is 0 Å². The van der Waals surface area contributed by atoms with Crippen molar-refractivity contribution >= 4 is 0 Å². The van der Waals surface area contributed by atoms with Gasteiger partial charge in [-0.15, -0.1) is 0 Å². The lowest BCUT2D eigenvalue weighted by Gasteiger charge is -2.12. The molecule has 0 saturated carbocycles. The fourth-order valence-electron chi connectivity index (χ4n) is 1.49.